The Balaban J connectivity index is 2.11. The number of hydrogen-bond donors (Lipinski definition) is 1. The van der Waals surface area contributed by atoms with Gasteiger partial charge in [-0.1, -0.05) is 36.4 Å². The van der Waals surface area contributed by atoms with Gasteiger partial charge in [0.2, 0.25) is 10.0 Å². The molecule has 0 aliphatic carbocycles. The minimum Gasteiger partial charge on any atom is -0.341 e. The fraction of sp³-hybridized carbons (Fsp3) is 0.368. The number of nitrogens with zero attached hydrogens (tertiary/aromatic N) is 2. The maximum atomic E-state index is 12.3. The zero-order valence-electron chi connectivity index (χ0n) is 14.7. The zero-order chi connectivity index (χ0) is 18.0. The third-order valence-corrected chi connectivity index (χ3v) is 5.86. The highest BCUT2D eigenvalue weighted by molar-refractivity contribution is 7.89. The van der Waals surface area contributed by atoms with Crippen molar-refractivity contribution >= 4 is 21.4 Å². The second-order valence-electron chi connectivity index (χ2n) is 6.78. The van der Waals surface area contributed by atoms with Crippen molar-refractivity contribution in [3.05, 3.63) is 59.7 Å². The molecular weight excluding hydrogens is 334 g/mol. The number of sulfonamides is 1. The molecule has 25 heavy (non-hydrogen) atoms. The van der Waals surface area contributed by atoms with Crippen LogP contribution in [0.3, 0.4) is 0 Å². The second-order valence-corrected chi connectivity index (χ2v) is 8.52. The molecule has 1 aliphatic rings. The largest absolute Gasteiger partial charge is 0.341 e. The van der Waals surface area contributed by atoms with Crippen LogP contribution in [-0.2, 0) is 16.4 Å². The van der Waals surface area contributed by atoms with Gasteiger partial charge in [0.15, 0.2) is 0 Å². The minimum absolute atomic E-state index is 0.399. The summed E-state index contributed by atoms with van der Waals surface area (Å²) in [6, 6.07) is 15.7. The van der Waals surface area contributed by atoms with Crippen LogP contribution in [0.25, 0.3) is 0 Å². The van der Waals surface area contributed by atoms with Gasteiger partial charge < -0.3 is 9.80 Å². The second kappa shape index (κ2) is 7.15. The molecule has 134 valence electrons. The number of para-hydroxylation sites is 2. The lowest BCUT2D eigenvalue weighted by Crippen LogP contribution is -2.25. The molecule has 0 saturated heterocycles. The average Bonchev–Trinajstić information content (AvgIpc) is 2.70. The lowest BCUT2D eigenvalue weighted by atomic mass is 10.0. The predicted molar refractivity (Wildman–Crippen MR) is 103 cm³/mol. The molecule has 0 spiro atoms. The standard InChI is InChI=1S/C19H25N3O2S/c1-21(2)12-7-13-22-17-10-5-3-8-15(17)14-19(25(20,23)24)16-9-4-6-11-18(16)22/h3-6,8-11,19H,7,12-14H2,1-2H3,(H2,20,23,24). The first-order valence-electron chi connectivity index (χ1n) is 8.48. The van der Waals surface area contributed by atoms with Crippen LogP contribution >= 0.6 is 0 Å². The first-order chi connectivity index (χ1) is 11.9. The number of benzene rings is 2. The summed E-state index contributed by atoms with van der Waals surface area (Å²) in [6.45, 7) is 1.79. The van der Waals surface area contributed by atoms with Crippen molar-refractivity contribution in [3.63, 3.8) is 0 Å². The van der Waals surface area contributed by atoms with Crippen molar-refractivity contribution in [3.8, 4) is 0 Å². The summed E-state index contributed by atoms with van der Waals surface area (Å²) < 4.78 is 24.5. The van der Waals surface area contributed by atoms with Crippen molar-refractivity contribution in [1.29, 1.82) is 0 Å². The molecule has 0 bridgehead atoms. The fourth-order valence-electron chi connectivity index (χ4n) is 3.47. The Morgan fingerprint density at radius 3 is 2.40 bits per heavy atom. The Kier molecular flexibility index (Phi) is 5.13. The van der Waals surface area contributed by atoms with Gasteiger partial charge in [0.25, 0.3) is 0 Å². The van der Waals surface area contributed by atoms with Crippen LogP contribution in [-0.4, -0.2) is 40.5 Å². The Morgan fingerprint density at radius 1 is 1.08 bits per heavy atom. The van der Waals surface area contributed by atoms with Gasteiger partial charge in [0.1, 0.15) is 5.25 Å². The normalized spacial score (nSPS) is 17.1. The molecule has 0 amide bonds. The van der Waals surface area contributed by atoms with Crippen LogP contribution in [0.5, 0.6) is 0 Å². The van der Waals surface area contributed by atoms with E-state index in [-0.39, 0.29) is 0 Å². The molecule has 6 heteroatoms. The lowest BCUT2D eigenvalue weighted by Gasteiger charge is -2.27. The molecule has 2 aromatic carbocycles. The smallest absolute Gasteiger partial charge is 0.216 e. The first kappa shape index (κ1) is 17.9. The Hall–Kier alpha value is -1.89. The quantitative estimate of drug-likeness (QED) is 0.891. The molecule has 2 N–H and O–H groups in total. The average molecular weight is 359 g/mol. The van der Waals surface area contributed by atoms with Gasteiger partial charge in [-0.15, -0.1) is 0 Å². The summed E-state index contributed by atoms with van der Waals surface area (Å²) in [5.74, 6) is 0. The molecule has 0 fully saturated rings. The third kappa shape index (κ3) is 3.86. The first-order valence-corrected chi connectivity index (χ1v) is 10.1. The summed E-state index contributed by atoms with van der Waals surface area (Å²) >= 11 is 0. The number of anilines is 2. The molecule has 5 nitrogen and oxygen atoms in total. The van der Waals surface area contributed by atoms with Crippen LogP contribution in [0.1, 0.15) is 22.8 Å². The molecule has 2 aromatic rings. The zero-order valence-corrected chi connectivity index (χ0v) is 15.5. The Morgan fingerprint density at radius 2 is 1.72 bits per heavy atom. The molecular formula is C19H25N3O2S. The lowest BCUT2D eigenvalue weighted by molar-refractivity contribution is 0.402. The van der Waals surface area contributed by atoms with E-state index in [9.17, 15) is 8.42 Å². The van der Waals surface area contributed by atoms with Gasteiger partial charge in [-0.25, -0.2) is 13.6 Å². The molecule has 0 aromatic heterocycles. The number of nitrogens with two attached hydrogens (primary N) is 1. The van der Waals surface area contributed by atoms with Crippen LogP contribution in [0.2, 0.25) is 0 Å². The van der Waals surface area contributed by atoms with Crippen LogP contribution in [0.4, 0.5) is 11.4 Å². The molecule has 1 aliphatic heterocycles. The highest BCUT2D eigenvalue weighted by Crippen LogP contribution is 2.42. The minimum atomic E-state index is -3.70. The molecule has 3 rings (SSSR count). The van der Waals surface area contributed by atoms with E-state index in [0.29, 0.717) is 6.42 Å². The monoisotopic (exact) mass is 359 g/mol. The maximum Gasteiger partial charge on any atom is 0.216 e. The van der Waals surface area contributed by atoms with Crippen molar-refractivity contribution in [2.45, 2.75) is 18.1 Å². The van der Waals surface area contributed by atoms with Crippen molar-refractivity contribution in [2.75, 3.05) is 32.1 Å². The number of fused-ring (bicyclic) bond motifs is 2. The molecule has 0 saturated carbocycles. The fourth-order valence-corrected chi connectivity index (χ4v) is 4.44. The topological polar surface area (TPSA) is 66.6 Å². The van der Waals surface area contributed by atoms with E-state index in [2.05, 4.69) is 30.0 Å². The summed E-state index contributed by atoms with van der Waals surface area (Å²) in [4.78, 5) is 4.39. The van der Waals surface area contributed by atoms with E-state index in [0.717, 1.165) is 42.0 Å². The molecule has 1 unspecified atom stereocenters. The summed E-state index contributed by atoms with van der Waals surface area (Å²) in [6.07, 6.45) is 1.38. The van der Waals surface area contributed by atoms with Crippen LogP contribution < -0.4 is 10.0 Å². The van der Waals surface area contributed by atoms with Crippen LogP contribution in [0, 0.1) is 0 Å². The van der Waals surface area contributed by atoms with Gasteiger partial charge in [-0.2, -0.15) is 0 Å². The van der Waals surface area contributed by atoms with E-state index in [1.807, 2.05) is 42.5 Å². The summed E-state index contributed by atoms with van der Waals surface area (Å²) in [5, 5.41) is 4.87. The third-order valence-electron chi connectivity index (χ3n) is 4.65. The van der Waals surface area contributed by atoms with E-state index in [1.54, 1.807) is 0 Å². The SMILES string of the molecule is CN(C)CCCN1c2ccccc2CC(S(N)(=O)=O)c2ccccc21. The van der Waals surface area contributed by atoms with E-state index in [4.69, 9.17) is 5.14 Å². The Bertz CT molecular complexity index is 849. The number of rotatable bonds is 5. The van der Waals surface area contributed by atoms with Gasteiger partial charge in [-0.05, 0) is 56.7 Å². The summed E-state index contributed by atoms with van der Waals surface area (Å²) in [5.41, 5.74) is 3.80. The van der Waals surface area contributed by atoms with Crippen molar-refractivity contribution < 1.29 is 8.42 Å². The van der Waals surface area contributed by atoms with Crippen molar-refractivity contribution in [2.24, 2.45) is 5.14 Å². The Labute approximate surface area is 150 Å². The molecule has 0 radical (unpaired) electrons. The van der Waals surface area contributed by atoms with E-state index in [1.165, 1.54) is 0 Å². The number of primary sulfonamides is 1. The maximum absolute atomic E-state index is 12.3. The van der Waals surface area contributed by atoms with E-state index < -0.39 is 15.3 Å². The highest BCUT2D eigenvalue weighted by atomic mass is 32.2. The summed E-state index contributed by atoms with van der Waals surface area (Å²) in [7, 11) is 0.416. The molecule has 1 atom stereocenters. The van der Waals surface area contributed by atoms with E-state index >= 15 is 0 Å². The number of hydrogen-bond acceptors (Lipinski definition) is 4. The van der Waals surface area contributed by atoms with Gasteiger partial charge >= 0.3 is 0 Å². The van der Waals surface area contributed by atoms with Gasteiger partial charge in [-0.3, -0.25) is 0 Å². The molecule has 1 heterocycles. The van der Waals surface area contributed by atoms with Gasteiger partial charge in [0.05, 0.1) is 0 Å². The van der Waals surface area contributed by atoms with Crippen molar-refractivity contribution in [1.82, 2.24) is 4.90 Å². The predicted octanol–water partition coefficient (Wildman–Crippen LogP) is 2.66. The van der Waals surface area contributed by atoms with Gasteiger partial charge in [0, 0.05) is 17.9 Å². The highest BCUT2D eigenvalue weighted by Gasteiger charge is 2.32. The van der Waals surface area contributed by atoms with Crippen LogP contribution in [0.15, 0.2) is 48.5 Å².